The minimum atomic E-state index is -0.562. The lowest BCUT2D eigenvalue weighted by atomic mass is 9.87. The highest BCUT2D eigenvalue weighted by Crippen LogP contribution is 2.30. The molecule has 0 atom stereocenters. The number of amides is 1. The number of fused-ring (bicyclic) bond motifs is 1. The molecule has 5 heteroatoms. The summed E-state index contributed by atoms with van der Waals surface area (Å²) in [6, 6.07) is 30.3. The number of hydrogen-bond donors (Lipinski definition) is 1. The molecule has 1 amide bonds. The number of carbonyl (C=O) groups excluding carboxylic acids is 2. The zero-order valence-corrected chi connectivity index (χ0v) is 27.7. The fraction of sp³-hybridized carbons (Fsp3) is 0.300. The lowest BCUT2D eigenvalue weighted by Gasteiger charge is -2.20. The second kappa shape index (κ2) is 12.4. The topological polar surface area (TPSA) is 60.3 Å². The Balaban J connectivity index is 1.32. The highest BCUT2D eigenvalue weighted by atomic mass is 16.6. The SMILES string of the molecule is Cc1c(C)n(Cc2ccc(-c3ccccc3C(=O)OC(C)(C)C)cc2)c2ccc(C(=O)NCc3ccc(C(C)(C)C)cc3)cc12. The largest absolute Gasteiger partial charge is 0.456 e. The number of nitrogens with one attached hydrogen (secondary N) is 1. The Morgan fingerprint density at radius 3 is 2.07 bits per heavy atom. The van der Waals surface area contributed by atoms with Gasteiger partial charge in [-0.2, -0.15) is 0 Å². The summed E-state index contributed by atoms with van der Waals surface area (Å²) in [7, 11) is 0. The summed E-state index contributed by atoms with van der Waals surface area (Å²) < 4.78 is 7.95. The van der Waals surface area contributed by atoms with Gasteiger partial charge in [-0.3, -0.25) is 4.79 Å². The molecular weight excluding hydrogens is 556 g/mol. The van der Waals surface area contributed by atoms with Gasteiger partial charge in [-0.05, 0) is 97.7 Å². The molecule has 4 aromatic carbocycles. The summed E-state index contributed by atoms with van der Waals surface area (Å²) in [4.78, 5) is 26.0. The molecule has 0 saturated carbocycles. The second-order valence-electron chi connectivity index (χ2n) is 13.9. The molecule has 0 spiro atoms. The summed E-state index contributed by atoms with van der Waals surface area (Å²) >= 11 is 0. The number of rotatable bonds is 7. The van der Waals surface area contributed by atoms with E-state index in [0.717, 1.165) is 33.2 Å². The minimum Gasteiger partial charge on any atom is -0.456 e. The van der Waals surface area contributed by atoms with Crippen molar-refractivity contribution >= 4 is 22.8 Å². The van der Waals surface area contributed by atoms with Gasteiger partial charge in [0.1, 0.15) is 5.60 Å². The van der Waals surface area contributed by atoms with E-state index in [4.69, 9.17) is 4.74 Å². The van der Waals surface area contributed by atoms with E-state index in [2.05, 4.69) is 93.0 Å². The lowest BCUT2D eigenvalue weighted by molar-refractivity contribution is 0.00703. The van der Waals surface area contributed by atoms with E-state index in [1.54, 1.807) is 0 Å². The highest BCUT2D eigenvalue weighted by Gasteiger charge is 2.21. The molecule has 0 aliphatic carbocycles. The molecule has 1 aromatic heterocycles. The standard InChI is InChI=1S/C40H44N2O3/c1-26-27(2)42(25-29-13-17-30(18-14-29)33-11-9-10-12-34(33)38(44)45-40(6,7)8)36-22-19-31(23-35(26)36)37(43)41-24-28-15-20-32(21-16-28)39(3,4)5/h9-23H,24-25H2,1-8H3,(H,41,43). The monoisotopic (exact) mass is 600 g/mol. The van der Waals surface area contributed by atoms with Crippen molar-refractivity contribution in [3.63, 3.8) is 0 Å². The third-order valence-electron chi connectivity index (χ3n) is 8.33. The van der Waals surface area contributed by atoms with Gasteiger partial charge in [-0.1, -0.05) is 87.5 Å². The average molecular weight is 601 g/mol. The first-order chi connectivity index (χ1) is 21.2. The van der Waals surface area contributed by atoms with Crippen molar-refractivity contribution in [3.8, 4) is 11.1 Å². The van der Waals surface area contributed by atoms with Crippen LogP contribution in [-0.4, -0.2) is 22.0 Å². The van der Waals surface area contributed by atoms with E-state index in [9.17, 15) is 9.59 Å². The predicted octanol–water partition coefficient (Wildman–Crippen LogP) is 9.16. The van der Waals surface area contributed by atoms with Crippen LogP contribution < -0.4 is 5.32 Å². The number of benzene rings is 4. The molecule has 5 aromatic rings. The third kappa shape index (κ3) is 7.20. The number of carbonyl (C=O) groups is 2. The van der Waals surface area contributed by atoms with Crippen LogP contribution in [-0.2, 0) is 23.2 Å². The Labute approximate surface area is 267 Å². The first kappa shape index (κ1) is 31.8. The van der Waals surface area contributed by atoms with Crippen LogP contribution in [0, 0.1) is 13.8 Å². The van der Waals surface area contributed by atoms with E-state index in [0.29, 0.717) is 24.2 Å². The van der Waals surface area contributed by atoms with Gasteiger partial charge in [0.15, 0.2) is 0 Å². The predicted molar refractivity (Wildman–Crippen MR) is 184 cm³/mol. The van der Waals surface area contributed by atoms with Crippen molar-refractivity contribution in [2.75, 3.05) is 0 Å². The quantitative estimate of drug-likeness (QED) is 0.190. The Bertz CT molecular complexity index is 1850. The minimum absolute atomic E-state index is 0.0798. The van der Waals surface area contributed by atoms with Crippen molar-refractivity contribution < 1.29 is 14.3 Å². The molecule has 0 aliphatic heterocycles. The molecule has 0 bridgehead atoms. The van der Waals surface area contributed by atoms with Crippen molar-refractivity contribution in [1.82, 2.24) is 9.88 Å². The van der Waals surface area contributed by atoms with Crippen LogP contribution in [0.2, 0.25) is 0 Å². The lowest BCUT2D eigenvalue weighted by Crippen LogP contribution is -2.24. The van der Waals surface area contributed by atoms with Gasteiger partial charge in [-0.25, -0.2) is 4.79 Å². The van der Waals surface area contributed by atoms with Crippen molar-refractivity contribution in [2.24, 2.45) is 0 Å². The van der Waals surface area contributed by atoms with Crippen LogP contribution in [0.3, 0.4) is 0 Å². The molecule has 0 saturated heterocycles. The van der Waals surface area contributed by atoms with E-state index in [1.165, 1.54) is 16.8 Å². The maximum atomic E-state index is 13.1. The van der Waals surface area contributed by atoms with E-state index in [-0.39, 0.29) is 17.3 Å². The third-order valence-corrected chi connectivity index (χ3v) is 8.33. The van der Waals surface area contributed by atoms with Gasteiger partial charge in [0.05, 0.1) is 5.56 Å². The molecule has 0 aliphatic rings. The number of hydrogen-bond acceptors (Lipinski definition) is 3. The first-order valence-corrected chi connectivity index (χ1v) is 15.6. The summed E-state index contributed by atoms with van der Waals surface area (Å²) in [6.07, 6.45) is 0. The van der Waals surface area contributed by atoms with Crippen LogP contribution in [0.15, 0.2) is 91.0 Å². The first-order valence-electron chi connectivity index (χ1n) is 15.6. The van der Waals surface area contributed by atoms with Crippen LogP contribution in [0.25, 0.3) is 22.0 Å². The molecule has 45 heavy (non-hydrogen) atoms. The van der Waals surface area contributed by atoms with Gasteiger partial charge in [0.2, 0.25) is 0 Å². The Hall–Kier alpha value is -4.64. The van der Waals surface area contributed by atoms with Crippen molar-refractivity contribution in [3.05, 3.63) is 130 Å². The molecule has 0 fully saturated rings. The van der Waals surface area contributed by atoms with Crippen molar-refractivity contribution in [2.45, 2.75) is 79.5 Å². The maximum Gasteiger partial charge on any atom is 0.339 e. The van der Waals surface area contributed by atoms with Crippen molar-refractivity contribution in [1.29, 1.82) is 0 Å². The average Bonchev–Trinajstić information content (AvgIpc) is 3.23. The van der Waals surface area contributed by atoms with Crippen LogP contribution in [0.4, 0.5) is 0 Å². The molecule has 232 valence electrons. The van der Waals surface area contributed by atoms with Crippen LogP contribution in [0.1, 0.15) is 90.2 Å². The molecular formula is C40H44N2O3. The zero-order valence-electron chi connectivity index (χ0n) is 27.7. The van der Waals surface area contributed by atoms with Gasteiger partial charge in [0.25, 0.3) is 5.91 Å². The van der Waals surface area contributed by atoms with E-state index in [1.807, 2.05) is 63.2 Å². The smallest absolute Gasteiger partial charge is 0.339 e. The number of aromatic nitrogens is 1. The van der Waals surface area contributed by atoms with Gasteiger partial charge in [-0.15, -0.1) is 0 Å². The van der Waals surface area contributed by atoms with E-state index < -0.39 is 5.60 Å². The maximum absolute atomic E-state index is 13.1. The Kier molecular flexibility index (Phi) is 8.75. The number of esters is 1. The summed E-state index contributed by atoms with van der Waals surface area (Å²) in [5.74, 6) is -0.404. The van der Waals surface area contributed by atoms with Gasteiger partial charge < -0.3 is 14.6 Å². The Morgan fingerprint density at radius 2 is 1.42 bits per heavy atom. The van der Waals surface area contributed by atoms with Gasteiger partial charge in [0, 0.05) is 35.2 Å². The van der Waals surface area contributed by atoms with E-state index >= 15 is 0 Å². The second-order valence-corrected chi connectivity index (χ2v) is 13.9. The molecule has 5 nitrogen and oxygen atoms in total. The van der Waals surface area contributed by atoms with Crippen LogP contribution >= 0.6 is 0 Å². The molecule has 0 unspecified atom stereocenters. The van der Waals surface area contributed by atoms with Crippen LogP contribution in [0.5, 0.6) is 0 Å². The number of ether oxygens (including phenoxy) is 1. The summed E-state index contributed by atoms with van der Waals surface area (Å²) in [5, 5.41) is 4.17. The normalized spacial score (nSPS) is 11.9. The van der Waals surface area contributed by atoms with Gasteiger partial charge >= 0.3 is 5.97 Å². The molecule has 5 rings (SSSR count). The molecule has 0 radical (unpaired) electrons. The zero-order chi connectivity index (χ0) is 32.5. The fourth-order valence-corrected chi connectivity index (χ4v) is 5.62. The Morgan fingerprint density at radius 1 is 0.778 bits per heavy atom. The molecule has 1 N–H and O–H groups in total. The summed E-state index contributed by atoms with van der Waals surface area (Å²) in [6.45, 7) is 17.6. The number of aryl methyl sites for hydroxylation is 1. The summed E-state index contributed by atoms with van der Waals surface area (Å²) in [5.41, 5.74) is 9.50. The highest BCUT2D eigenvalue weighted by molar-refractivity contribution is 5.99. The fourth-order valence-electron chi connectivity index (χ4n) is 5.62. The molecule has 1 heterocycles. The number of nitrogens with zero attached hydrogens (tertiary/aromatic N) is 1.